The summed E-state index contributed by atoms with van der Waals surface area (Å²) in [6.07, 6.45) is 4.77. The molecular formula is C12H22N2O4. The van der Waals surface area contributed by atoms with Crippen molar-refractivity contribution in [3.63, 3.8) is 0 Å². The van der Waals surface area contributed by atoms with Gasteiger partial charge in [0.2, 0.25) is 0 Å². The zero-order chi connectivity index (χ0) is 13.2. The molecule has 2 amide bonds. The smallest absolute Gasteiger partial charge is 0.409 e. The number of hydrogen-bond donors (Lipinski definition) is 1. The number of carbonyl (C=O) groups is 2. The number of nitrogens with zero attached hydrogens (tertiary/aromatic N) is 1. The molecular weight excluding hydrogens is 236 g/mol. The lowest BCUT2D eigenvalue weighted by Gasteiger charge is -2.14. The third-order valence-electron chi connectivity index (χ3n) is 2.87. The highest BCUT2D eigenvalue weighted by Crippen LogP contribution is 2.09. The van der Waals surface area contributed by atoms with Gasteiger partial charge in [-0.15, -0.1) is 0 Å². The van der Waals surface area contributed by atoms with Gasteiger partial charge in [-0.2, -0.15) is 0 Å². The molecule has 18 heavy (non-hydrogen) atoms. The van der Waals surface area contributed by atoms with E-state index in [1.165, 1.54) is 0 Å². The van der Waals surface area contributed by atoms with Gasteiger partial charge in [0, 0.05) is 13.1 Å². The Morgan fingerprint density at radius 1 is 0.944 bits per heavy atom. The molecule has 0 saturated carbocycles. The Morgan fingerprint density at radius 2 is 1.50 bits per heavy atom. The Kier molecular flexibility index (Phi) is 6.98. The predicted molar refractivity (Wildman–Crippen MR) is 66.2 cm³/mol. The van der Waals surface area contributed by atoms with Crippen molar-refractivity contribution in [2.24, 2.45) is 5.73 Å². The Balaban J connectivity index is 1.86. The first kappa shape index (κ1) is 14.6. The Morgan fingerprint density at radius 3 is 2.06 bits per heavy atom. The van der Waals surface area contributed by atoms with E-state index < -0.39 is 6.09 Å². The second kappa shape index (κ2) is 8.60. The van der Waals surface area contributed by atoms with E-state index in [0.29, 0.717) is 13.2 Å². The predicted octanol–water partition coefficient (Wildman–Crippen LogP) is 1.87. The van der Waals surface area contributed by atoms with Gasteiger partial charge in [-0.3, -0.25) is 0 Å². The SMILES string of the molecule is NC(=O)OCCCCCCOC(=O)N1CCCC1. The molecule has 1 heterocycles. The molecule has 1 aliphatic rings. The average molecular weight is 258 g/mol. The summed E-state index contributed by atoms with van der Waals surface area (Å²) in [5.74, 6) is 0. The summed E-state index contributed by atoms with van der Waals surface area (Å²) in [6, 6.07) is 0. The van der Waals surface area contributed by atoms with Crippen molar-refractivity contribution >= 4 is 12.2 Å². The monoisotopic (exact) mass is 258 g/mol. The minimum Gasteiger partial charge on any atom is -0.450 e. The molecule has 1 aliphatic heterocycles. The minimum absolute atomic E-state index is 0.190. The Hall–Kier alpha value is -1.46. The van der Waals surface area contributed by atoms with Crippen LogP contribution in [0.3, 0.4) is 0 Å². The molecule has 0 atom stereocenters. The van der Waals surface area contributed by atoms with Gasteiger partial charge in [0.15, 0.2) is 0 Å². The van der Waals surface area contributed by atoms with Crippen LogP contribution < -0.4 is 5.73 Å². The molecule has 0 spiro atoms. The van der Waals surface area contributed by atoms with Crippen LogP contribution in [0.4, 0.5) is 9.59 Å². The minimum atomic E-state index is -0.727. The van der Waals surface area contributed by atoms with Gasteiger partial charge in [-0.1, -0.05) is 0 Å². The molecule has 0 aromatic carbocycles. The van der Waals surface area contributed by atoms with Crippen molar-refractivity contribution in [1.82, 2.24) is 4.90 Å². The van der Waals surface area contributed by atoms with E-state index in [1.807, 2.05) is 0 Å². The van der Waals surface area contributed by atoms with Gasteiger partial charge in [-0.25, -0.2) is 9.59 Å². The van der Waals surface area contributed by atoms with Crippen LogP contribution in [0.5, 0.6) is 0 Å². The Bertz CT molecular complexity index is 265. The highest BCUT2D eigenvalue weighted by Gasteiger charge is 2.18. The number of amides is 2. The number of unbranched alkanes of at least 4 members (excludes halogenated alkanes) is 3. The third-order valence-corrected chi connectivity index (χ3v) is 2.87. The van der Waals surface area contributed by atoms with Gasteiger partial charge in [-0.05, 0) is 38.5 Å². The van der Waals surface area contributed by atoms with Gasteiger partial charge in [0.05, 0.1) is 13.2 Å². The first-order valence-corrected chi connectivity index (χ1v) is 6.54. The van der Waals surface area contributed by atoms with Crippen LogP contribution in [-0.4, -0.2) is 43.4 Å². The maximum Gasteiger partial charge on any atom is 0.409 e. The molecule has 1 rings (SSSR count). The van der Waals surface area contributed by atoms with E-state index in [9.17, 15) is 9.59 Å². The van der Waals surface area contributed by atoms with E-state index in [4.69, 9.17) is 10.5 Å². The fraction of sp³-hybridized carbons (Fsp3) is 0.833. The number of rotatable bonds is 7. The summed E-state index contributed by atoms with van der Waals surface area (Å²) < 4.78 is 9.75. The zero-order valence-electron chi connectivity index (χ0n) is 10.7. The molecule has 6 heteroatoms. The number of likely N-dealkylation sites (tertiary alicyclic amines) is 1. The number of hydrogen-bond acceptors (Lipinski definition) is 4. The summed E-state index contributed by atoms with van der Waals surface area (Å²) in [7, 11) is 0. The van der Waals surface area contributed by atoms with Crippen LogP contribution >= 0.6 is 0 Å². The highest BCUT2D eigenvalue weighted by atomic mass is 16.6. The fourth-order valence-electron chi connectivity index (χ4n) is 1.88. The van der Waals surface area contributed by atoms with Gasteiger partial charge in [0.25, 0.3) is 0 Å². The fourth-order valence-corrected chi connectivity index (χ4v) is 1.88. The van der Waals surface area contributed by atoms with E-state index in [1.54, 1.807) is 4.90 Å². The second-order valence-electron chi connectivity index (χ2n) is 4.39. The summed E-state index contributed by atoms with van der Waals surface area (Å²) in [4.78, 5) is 23.5. The third kappa shape index (κ3) is 6.32. The normalized spacial score (nSPS) is 14.6. The average Bonchev–Trinajstić information content (AvgIpc) is 2.85. The van der Waals surface area contributed by atoms with Crippen LogP contribution in [0.2, 0.25) is 0 Å². The number of nitrogens with two attached hydrogens (primary N) is 1. The summed E-state index contributed by atoms with van der Waals surface area (Å²) in [5.41, 5.74) is 4.82. The largest absolute Gasteiger partial charge is 0.450 e. The number of primary amides is 1. The van der Waals surface area contributed by atoms with Crippen LogP contribution in [0, 0.1) is 0 Å². The quantitative estimate of drug-likeness (QED) is 0.707. The molecule has 1 fully saturated rings. The number of carbonyl (C=O) groups excluding carboxylic acids is 2. The molecule has 6 nitrogen and oxygen atoms in total. The van der Waals surface area contributed by atoms with Crippen LogP contribution in [-0.2, 0) is 9.47 Å². The van der Waals surface area contributed by atoms with E-state index in [0.717, 1.165) is 51.6 Å². The molecule has 0 radical (unpaired) electrons. The van der Waals surface area contributed by atoms with Crippen LogP contribution in [0.25, 0.3) is 0 Å². The maximum absolute atomic E-state index is 11.5. The van der Waals surface area contributed by atoms with Crippen molar-refractivity contribution in [2.75, 3.05) is 26.3 Å². The van der Waals surface area contributed by atoms with Crippen molar-refractivity contribution < 1.29 is 19.1 Å². The molecule has 1 saturated heterocycles. The topological polar surface area (TPSA) is 81.9 Å². The molecule has 0 aromatic heterocycles. The molecule has 0 aromatic rings. The van der Waals surface area contributed by atoms with Gasteiger partial charge in [0.1, 0.15) is 0 Å². The van der Waals surface area contributed by atoms with E-state index >= 15 is 0 Å². The van der Waals surface area contributed by atoms with Gasteiger partial charge < -0.3 is 20.1 Å². The molecule has 104 valence electrons. The number of ether oxygens (including phenoxy) is 2. The summed E-state index contributed by atoms with van der Waals surface area (Å²) in [5, 5.41) is 0. The van der Waals surface area contributed by atoms with Crippen LogP contribution in [0.1, 0.15) is 38.5 Å². The highest BCUT2D eigenvalue weighted by molar-refractivity contribution is 5.67. The first-order chi connectivity index (χ1) is 8.70. The second-order valence-corrected chi connectivity index (χ2v) is 4.39. The van der Waals surface area contributed by atoms with Crippen LogP contribution in [0.15, 0.2) is 0 Å². The lowest BCUT2D eigenvalue weighted by Crippen LogP contribution is -2.28. The van der Waals surface area contributed by atoms with Gasteiger partial charge >= 0.3 is 12.2 Å². The van der Waals surface area contributed by atoms with E-state index in [2.05, 4.69) is 4.74 Å². The lowest BCUT2D eigenvalue weighted by atomic mass is 10.2. The van der Waals surface area contributed by atoms with Crippen molar-refractivity contribution in [3.8, 4) is 0 Å². The van der Waals surface area contributed by atoms with Crippen molar-refractivity contribution in [3.05, 3.63) is 0 Å². The first-order valence-electron chi connectivity index (χ1n) is 6.54. The zero-order valence-corrected chi connectivity index (χ0v) is 10.7. The summed E-state index contributed by atoms with van der Waals surface area (Å²) >= 11 is 0. The van der Waals surface area contributed by atoms with Crippen molar-refractivity contribution in [2.45, 2.75) is 38.5 Å². The maximum atomic E-state index is 11.5. The summed E-state index contributed by atoms with van der Waals surface area (Å²) in [6.45, 7) is 2.47. The molecule has 0 unspecified atom stereocenters. The van der Waals surface area contributed by atoms with E-state index in [-0.39, 0.29) is 6.09 Å². The molecule has 0 bridgehead atoms. The molecule has 2 N–H and O–H groups in total. The lowest BCUT2D eigenvalue weighted by molar-refractivity contribution is 0.108. The Labute approximate surface area is 107 Å². The van der Waals surface area contributed by atoms with Crippen molar-refractivity contribution in [1.29, 1.82) is 0 Å². The standard InChI is InChI=1S/C12H22N2O4/c13-11(15)17-9-5-1-2-6-10-18-12(16)14-7-3-4-8-14/h1-10H2,(H2,13,15). The molecule has 0 aliphatic carbocycles.